The molecule has 9 heterocycles. The van der Waals surface area contributed by atoms with Crippen LogP contribution in [0.2, 0.25) is 0 Å². The van der Waals surface area contributed by atoms with Gasteiger partial charge in [-0.3, -0.25) is 52.0 Å². The van der Waals surface area contributed by atoms with E-state index in [1.54, 1.807) is 13.8 Å². The fourth-order valence-corrected chi connectivity index (χ4v) is 13.5. The summed E-state index contributed by atoms with van der Waals surface area (Å²) >= 11 is 0. The van der Waals surface area contributed by atoms with Crippen LogP contribution in [0.15, 0.2) is 27.0 Å². The number of nitrogens with zero attached hydrogens (tertiary/aromatic N) is 9. The topological polar surface area (TPSA) is 567 Å². The lowest BCUT2D eigenvalue weighted by Gasteiger charge is -2.27. The average molecular weight is 1240 g/mol. The summed E-state index contributed by atoms with van der Waals surface area (Å²) in [4.78, 5) is 115. The predicted molar refractivity (Wildman–Crippen MR) is 266 cm³/mol. The first kappa shape index (κ1) is 60.3. The highest BCUT2D eigenvalue weighted by Crippen LogP contribution is 2.68. The van der Waals surface area contributed by atoms with Crippen molar-refractivity contribution >= 4 is 83.0 Å². The first-order chi connectivity index (χ1) is 38.0. The molecule has 16 atom stereocenters. The van der Waals surface area contributed by atoms with Gasteiger partial charge in [0, 0.05) is 21.3 Å². The maximum atomic E-state index is 13.9. The Bertz CT molecular complexity index is 3530. The Morgan fingerprint density at radius 2 is 1.15 bits per heavy atom. The van der Waals surface area contributed by atoms with Gasteiger partial charge in [-0.05, 0) is 13.8 Å². The van der Waals surface area contributed by atoms with Gasteiger partial charge in [0.25, 0.3) is 16.7 Å². The van der Waals surface area contributed by atoms with Gasteiger partial charge >= 0.3 is 31.3 Å². The molecule has 41 nitrogen and oxygen atoms in total. The largest absolute Gasteiger partial charge is 0.508 e. The predicted octanol–water partition coefficient (Wildman–Crippen LogP) is -3.14. The van der Waals surface area contributed by atoms with E-state index >= 15 is 0 Å². The third-order valence-corrected chi connectivity index (χ3v) is 17.5. The van der Waals surface area contributed by atoms with Crippen molar-refractivity contribution < 1.29 is 108 Å². The molecule has 0 bridgehead atoms. The molecule has 0 spiro atoms. The second-order valence-electron chi connectivity index (χ2n) is 18.3. The average Bonchev–Trinajstić information content (AvgIpc) is 4.35. The molecule has 0 saturated carbocycles. The summed E-state index contributed by atoms with van der Waals surface area (Å²) in [7, 11) is -19.7. The van der Waals surface area contributed by atoms with Crippen LogP contribution in [0.4, 0.5) is 29.4 Å². The van der Waals surface area contributed by atoms with E-state index in [2.05, 4.69) is 53.2 Å². The standard InChI is InChI=1S/C36H53N15O26P4/c1-12(2)70-22-15(72-31(20(22)53)49-9-40-16-25(49)42-34(37)45-28(16)54)8-68-78(57,58)74-23-13(73-33(24(23)66-5)50-10-41-17-26(50)43-35(38)46-29(17)55)6-67-75-80(61,62)77-81(63,64)76-79(59,60)69-7-14-21(65-4)19(52)32(71-14)51-11-48(3)18-27(51)44-36(39)47-30(18)56/h9-10,12-15,19-24,31-33,52-53H,6-8,11H2,1-5H3,(H,57,58)(H,59,60)(H,61,62)(H,63,64)(H3,37,42,45,54)(H3,38,43,46,55)(H3,39,44,47,56)/t13-,14-,15-,19?,20+,21+,22?,23?,24+,31-,32-,33-/m1/s1. The number of nitrogens with one attached hydrogen (secondary N) is 3. The Morgan fingerprint density at radius 3 is 1.74 bits per heavy atom. The molecule has 7 unspecified atom stereocenters. The van der Waals surface area contributed by atoms with E-state index in [1.165, 1.54) is 21.4 Å². The van der Waals surface area contributed by atoms with E-state index in [0.29, 0.717) is 0 Å². The molecular formula is C36H53N15O26P4. The van der Waals surface area contributed by atoms with Crippen LogP contribution in [-0.2, 0) is 78.4 Å². The zero-order valence-corrected chi connectivity index (χ0v) is 46.0. The van der Waals surface area contributed by atoms with Crippen molar-refractivity contribution in [2.75, 3.05) is 74.8 Å². The molecule has 4 aliphatic rings. The molecule has 81 heavy (non-hydrogen) atoms. The molecule has 9 rings (SSSR count). The molecule has 5 aromatic heterocycles. The van der Waals surface area contributed by atoms with Crippen LogP contribution in [0.5, 0.6) is 0 Å². The Balaban J connectivity index is 0.862. The fourth-order valence-electron chi connectivity index (χ4n) is 9.25. The second kappa shape index (κ2) is 23.1. The highest BCUT2D eigenvalue weighted by Gasteiger charge is 2.54. The minimum atomic E-state index is -6.20. The molecule has 3 fully saturated rings. The third-order valence-electron chi connectivity index (χ3n) is 12.4. The van der Waals surface area contributed by atoms with Crippen molar-refractivity contribution in [3.63, 3.8) is 0 Å². The maximum Gasteiger partial charge on any atom is 0.508 e. The number of ether oxygens (including phenoxy) is 6. The molecule has 448 valence electrons. The number of nitrogens with two attached hydrogens (primary N) is 3. The second-order valence-corrected chi connectivity index (χ2v) is 24.2. The van der Waals surface area contributed by atoms with Gasteiger partial charge in [-0.2, -0.15) is 23.6 Å². The zero-order chi connectivity index (χ0) is 58.8. The summed E-state index contributed by atoms with van der Waals surface area (Å²) in [6.45, 7) is 0.168. The normalized spacial score (nSPS) is 29.8. The summed E-state index contributed by atoms with van der Waals surface area (Å²) < 4.78 is 118. The number of fused-ring (bicyclic) bond motifs is 3. The maximum absolute atomic E-state index is 13.9. The number of hydrogen-bond acceptors (Lipinski definition) is 32. The smallest absolute Gasteiger partial charge is 0.386 e. The van der Waals surface area contributed by atoms with Gasteiger partial charge < -0.3 is 85.2 Å². The first-order valence-electron chi connectivity index (χ1n) is 23.4. The van der Waals surface area contributed by atoms with E-state index in [9.17, 15) is 62.4 Å². The Morgan fingerprint density at radius 1 is 0.654 bits per heavy atom. The van der Waals surface area contributed by atoms with Crippen molar-refractivity contribution in [2.24, 2.45) is 0 Å². The number of H-pyrrole nitrogens is 3. The van der Waals surface area contributed by atoms with Crippen LogP contribution >= 0.6 is 31.3 Å². The van der Waals surface area contributed by atoms with Gasteiger partial charge in [0.2, 0.25) is 17.8 Å². The minimum absolute atomic E-state index is 0.0103. The van der Waals surface area contributed by atoms with E-state index in [0.717, 1.165) is 31.4 Å². The number of aromatic amines is 3. The number of imidazole rings is 2. The third kappa shape index (κ3) is 12.7. The summed E-state index contributed by atoms with van der Waals surface area (Å²) in [5.74, 6) is -0.911. The molecule has 15 N–H and O–H groups in total. The van der Waals surface area contributed by atoms with Crippen LogP contribution in [0.1, 0.15) is 26.3 Å². The first-order valence-corrected chi connectivity index (χ1v) is 29.4. The summed E-state index contributed by atoms with van der Waals surface area (Å²) in [6.07, 6.45) is -16.4. The molecule has 0 amide bonds. The van der Waals surface area contributed by atoms with Crippen molar-refractivity contribution in [1.82, 2.24) is 49.0 Å². The summed E-state index contributed by atoms with van der Waals surface area (Å²) in [6, 6.07) is 0. The Kier molecular flexibility index (Phi) is 17.2. The monoisotopic (exact) mass is 1240 g/mol. The van der Waals surface area contributed by atoms with Crippen molar-refractivity contribution in [2.45, 2.75) is 93.6 Å². The lowest BCUT2D eigenvalue weighted by Crippen LogP contribution is -2.46. The van der Waals surface area contributed by atoms with E-state index in [4.69, 9.17) is 64.1 Å². The highest BCUT2D eigenvalue weighted by molar-refractivity contribution is 7.66. The van der Waals surface area contributed by atoms with Crippen LogP contribution in [-0.4, -0.2) is 194 Å². The molecule has 45 heteroatoms. The van der Waals surface area contributed by atoms with Gasteiger partial charge in [-0.1, -0.05) is 0 Å². The molecule has 4 aliphatic heterocycles. The summed E-state index contributed by atoms with van der Waals surface area (Å²) in [5.41, 5.74) is 14.5. The number of methoxy groups -OCH3 is 2. The van der Waals surface area contributed by atoms with Crippen LogP contribution in [0, 0.1) is 0 Å². The zero-order valence-electron chi connectivity index (χ0n) is 42.4. The lowest BCUT2D eigenvalue weighted by molar-refractivity contribution is -0.244. The number of hydrogen-bond donors (Lipinski definition) is 12. The van der Waals surface area contributed by atoms with E-state index < -0.39 is 148 Å². The molecule has 0 aliphatic carbocycles. The Hall–Kier alpha value is -5.26. The van der Waals surface area contributed by atoms with Gasteiger partial charge in [-0.25, -0.2) is 33.1 Å². The van der Waals surface area contributed by atoms with Gasteiger partial charge in [0.1, 0.15) is 67.2 Å². The van der Waals surface area contributed by atoms with Crippen LogP contribution < -0.4 is 43.7 Å². The lowest BCUT2D eigenvalue weighted by atomic mass is 10.1. The molecule has 0 radical (unpaired) electrons. The number of phosphoric acid groups is 4. The van der Waals surface area contributed by atoms with Crippen molar-refractivity contribution in [1.29, 1.82) is 0 Å². The van der Waals surface area contributed by atoms with Crippen molar-refractivity contribution in [3.05, 3.63) is 43.7 Å². The summed E-state index contributed by atoms with van der Waals surface area (Å²) in [5, 5.41) is 22.5. The highest BCUT2D eigenvalue weighted by atomic mass is 31.3. The van der Waals surface area contributed by atoms with E-state index in [1.807, 2.05) is 0 Å². The van der Waals surface area contributed by atoms with Gasteiger partial charge in [-0.15, -0.1) is 4.67 Å². The van der Waals surface area contributed by atoms with E-state index in [-0.39, 0.29) is 58.3 Å². The van der Waals surface area contributed by atoms with Gasteiger partial charge in [0.15, 0.2) is 46.8 Å². The Labute approximate surface area is 451 Å². The number of aliphatic hydroxyl groups excluding tert-OH is 2. The molecule has 3 saturated heterocycles. The fraction of sp³-hybridized carbons (Fsp3) is 0.611. The van der Waals surface area contributed by atoms with Crippen molar-refractivity contribution in [3.8, 4) is 0 Å². The van der Waals surface area contributed by atoms with Crippen LogP contribution in [0.25, 0.3) is 22.3 Å². The number of rotatable bonds is 23. The number of nitrogen functional groups attached to an aromatic ring is 3. The molecule has 0 aromatic carbocycles. The quantitative estimate of drug-likeness (QED) is 0.0175. The minimum Gasteiger partial charge on any atom is -0.386 e. The number of aromatic nitrogens is 10. The van der Waals surface area contributed by atoms with Gasteiger partial charge in [0.05, 0.1) is 38.6 Å². The number of phosphoric ester groups is 2. The van der Waals surface area contributed by atoms with Crippen LogP contribution in [0.3, 0.4) is 0 Å². The molecular weight excluding hydrogens is 1180 g/mol. The number of anilines is 5. The molecule has 5 aromatic rings. The SMILES string of the molecule is CO[C@@H]1C(O)[C@H](N2CN(C)c3c2nc(N)[nH]c3=O)O[C@@H]1COP(=O)(O)OP(=O)(O)OP(=O)(O)OOC[C@H]1O[C@@H](n2cnc3c(=O)[nH]c(N)nc32)[C@@H](OC)C1OP(=O)(O)OC[C@H]1O[C@@H](n2cnc3c(=O)[nH]c(N)nc32)[C@@H](O)C1OC(C)C. The number of aliphatic hydroxyl groups is 2.